The van der Waals surface area contributed by atoms with Gasteiger partial charge in [0.2, 0.25) is 5.91 Å². The molecular weight excluding hydrogens is 276 g/mol. The minimum atomic E-state index is 0.0508. The summed E-state index contributed by atoms with van der Waals surface area (Å²) in [7, 11) is 0. The number of likely N-dealkylation sites (tertiary alicyclic amines) is 1. The summed E-state index contributed by atoms with van der Waals surface area (Å²) >= 11 is 0. The molecule has 1 aliphatic rings. The molecule has 0 radical (unpaired) electrons. The largest absolute Gasteiger partial charge is 0.356 e. The number of piperidine rings is 1. The van der Waals surface area contributed by atoms with Crippen molar-refractivity contribution < 1.29 is 9.59 Å². The fraction of sp³-hybridized carbons (Fsp3) is 0.556. The standard InChI is InChI=1S/C18H26N2O2/c1-4-7-19-17(21)15-5-8-20(9-6-15)18(22)16-11-13(2)10-14(3)12-16/h10-12,15H,4-9H2,1-3H3,(H,19,21). The Kier molecular flexibility index (Phi) is 5.58. The molecule has 0 saturated carbocycles. The van der Waals surface area contributed by atoms with Crippen LogP contribution in [-0.2, 0) is 4.79 Å². The van der Waals surface area contributed by atoms with Crippen molar-refractivity contribution in [1.82, 2.24) is 10.2 Å². The van der Waals surface area contributed by atoms with Gasteiger partial charge in [-0.05, 0) is 45.2 Å². The van der Waals surface area contributed by atoms with Gasteiger partial charge in [-0.3, -0.25) is 9.59 Å². The molecule has 2 amide bonds. The first-order valence-electron chi connectivity index (χ1n) is 8.16. The van der Waals surface area contributed by atoms with E-state index in [4.69, 9.17) is 0 Å². The van der Waals surface area contributed by atoms with Gasteiger partial charge in [-0.25, -0.2) is 0 Å². The molecule has 0 aliphatic carbocycles. The van der Waals surface area contributed by atoms with Crippen molar-refractivity contribution in [2.24, 2.45) is 5.92 Å². The van der Waals surface area contributed by atoms with E-state index < -0.39 is 0 Å². The first-order chi connectivity index (χ1) is 10.5. The number of rotatable bonds is 4. The molecule has 1 saturated heterocycles. The number of benzene rings is 1. The van der Waals surface area contributed by atoms with Crippen LogP contribution in [0.2, 0.25) is 0 Å². The molecular formula is C18H26N2O2. The molecule has 1 aromatic carbocycles. The van der Waals surface area contributed by atoms with Crippen molar-refractivity contribution >= 4 is 11.8 Å². The number of nitrogens with one attached hydrogen (secondary N) is 1. The molecule has 1 heterocycles. The lowest BCUT2D eigenvalue weighted by Gasteiger charge is -2.31. The summed E-state index contributed by atoms with van der Waals surface area (Å²) in [5.74, 6) is 0.273. The Labute approximate surface area is 132 Å². The van der Waals surface area contributed by atoms with Gasteiger partial charge in [0.1, 0.15) is 0 Å². The third-order valence-electron chi connectivity index (χ3n) is 4.17. The highest BCUT2D eigenvalue weighted by atomic mass is 16.2. The normalized spacial score (nSPS) is 15.7. The Bertz CT molecular complexity index is 526. The van der Waals surface area contributed by atoms with Crippen molar-refractivity contribution in [1.29, 1.82) is 0 Å². The van der Waals surface area contributed by atoms with E-state index in [0.29, 0.717) is 13.1 Å². The van der Waals surface area contributed by atoms with Gasteiger partial charge < -0.3 is 10.2 Å². The molecule has 1 aromatic rings. The topological polar surface area (TPSA) is 49.4 Å². The first-order valence-corrected chi connectivity index (χ1v) is 8.16. The van der Waals surface area contributed by atoms with Gasteiger partial charge in [0, 0.05) is 31.1 Å². The fourth-order valence-corrected chi connectivity index (χ4v) is 3.02. The van der Waals surface area contributed by atoms with Crippen molar-refractivity contribution in [3.8, 4) is 0 Å². The molecule has 120 valence electrons. The minimum Gasteiger partial charge on any atom is -0.356 e. The zero-order chi connectivity index (χ0) is 16.1. The summed E-state index contributed by atoms with van der Waals surface area (Å²) in [6.45, 7) is 8.13. The van der Waals surface area contributed by atoms with E-state index in [2.05, 4.69) is 11.4 Å². The lowest BCUT2D eigenvalue weighted by molar-refractivity contribution is -0.126. The highest BCUT2D eigenvalue weighted by Crippen LogP contribution is 2.20. The molecule has 4 heteroatoms. The molecule has 22 heavy (non-hydrogen) atoms. The fourth-order valence-electron chi connectivity index (χ4n) is 3.02. The molecule has 4 nitrogen and oxygen atoms in total. The van der Waals surface area contributed by atoms with Crippen molar-refractivity contribution in [2.45, 2.75) is 40.0 Å². The van der Waals surface area contributed by atoms with Gasteiger partial charge in [0.25, 0.3) is 5.91 Å². The SMILES string of the molecule is CCCNC(=O)C1CCN(C(=O)c2cc(C)cc(C)c2)CC1. The molecule has 1 aliphatic heterocycles. The van der Waals surface area contributed by atoms with Crippen molar-refractivity contribution in [3.63, 3.8) is 0 Å². The van der Waals surface area contributed by atoms with Crippen LogP contribution in [0.15, 0.2) is 18.2 Å². The van der Waals surface area contributed by atoms with Gasteiger partial charge in [0.05, 0.1) is 0 Å². The molecule has 0 aromatic heterocycles. The average Bonchev–Trinajstić information content (AvgIpc) is 2.51. The molecule has 2 rings (SSSR count). The van der Waals surface area contributed by atoms with E-state index in [-0.39, 0.29) is 17.7 Å². The molecule has 0 bridgehead atoms. The summed E-state index contributed by atoms with van der Waals surface area (Å²) in [5.41, 5.74) is 2.97. The lowest BCUT2D eigenvalue weighted by atomic mass is 9.95. The second kappa shape index (κ2) is 7.43. The summed E-state index contributed by atoms with van der Waals surface area (Å²) in [5, 5.41) is 2.95. The van der Waals surface area contributed by atoms with E-state index in [1.165, 1.54) is 0 Å². The number of aryl methyl sites for hydroxylation is 2. The molecule has 0 atom stereocenters. The zero-order valence-corrected chi connectivity index (χ0v) is 13.8. The number of amides is 2. The van der Waals surface area contributed by atoms with Crippen LogP contribution in [0.25, 0.3) is 0 Å². The van der Waals surface area contributed by atoms with Gasteiger partial charge in [-0.2, -0.15) is 0 Å². The maximum absolute atomic E-state index is 12.6. The summed E-state index contributed by atoms with van der Waals surface area (Å²) in [6, 6.07) is 5.95. The highest BCUT2D eigenvalue weighted by Gasteiger charge is 2.27. The Morgan fingerprint density at radius 2 is 1.73 bits per heavy atom. The van der Waals surface area contributed by atoms with E-state index in [0.717, 1.165) is 42.5 Å². The summed E-state index contributed by atoms with van der Waals surface area (Å²) < 4.78 is 0. The minimum absolute atomic E-state index is 0.0508. The third-order valence-corrected chi connectivity index (χ3v) is 4.17. The third kappa shape index (κ3) is 4.09. The first kappa shape index (κ1) is 16.5. The molecule has 0 spiro atoms. The zero-order valence-electron chi connectivity index (χ0n) is 13.8. The van der Waals surface area contributed by atoms with Crippen LogP contribution in [0.4, 0.5) is 0 Å². The van der Waals surface area contributed by atoms with E-state index in [1.54, 1.807) is 0 Å². The van der Waals surface area contributed by atoms with Crippen molar-refractivity contribution in [3.05, 3.63) is 34.9 Å². The van der Waals surface area contributed by atoms with Gasteiger partial charge in [-0.15, -0.1) is 0 Å². The number of carbonyl (C=O) groups is 2. The summed E-state index contributed by atoms with van der Waals surface area (Å²) in [4.78, 5) is 26.4. The Morgan fingerprint density at radius 1 is 1.14 bits per heavy atom. The second-order valence-corrected chi connectivity index (χ2v) is 6.23. The second-order valence-electron chi connectivity index (χ2n) is 6.23. The molecule has 0 unspecified atom stereocenters. The van der Waals surface area contributed by atoms with Crippen LogP contribution >= 0.6 is 0 Å². The lowest BCUT2D eigenvalue weighted by Crippen LogP contribution is -2.43. The van der Waals surface area contributed by atoms with Crippen LogP contribution in [-0.4, -0.2) is 36.3 Å². The highest BCUT2D eigenvalue weighted by molar-refractivity contribution is 5.94. The summed E-state index contributed by atoms with van der Waals surface area (Å²) in [6.07, 6.45) is 2.47. The molecule has 1 N–H and O–H groups in total. The van der Waals surface area contributed by atoms with E-state index in [9.17, 15) is 9.59 Å². The van der Waals surface area contributed by atoms with Gasteiger partial charge >= 0.3 is 0 Å². The van der Waals surface area contributed by atoms with E-state index in [1.807, 2.05) is 37.8 Å². The number of carbonyl (C=O) groups excluding carboxylic acids is 2. The smallest absolute Gasteiger partial charge is 0.253 e. The van der Waals surface area contributed by atoms with Crippen LogP contribution < -0.4 is 5.32 Å². The van der Waals surface area contributed by atoms with Crippen LogP contribution in [0.3, 0.4) is 0 Å². The number of hydrogen-bond acceptors (Lipinski definition) is 2. The van der Waals surface area contributed by atoms with Gasteiger partial charge in [-0.1, -0.05) is 24.1 Å². The maximum Gasteiger partial charge on any atom is 0.253 e. The predicted molar refractivity (Wildman–Crippen MR) is 87.8 cm³/mol. The van der Waals surface area contributed by atoms with Crippen LogP contribution in [0.5, 0.6) is 0 Å². The Morgan fingerprint density at radius 3 is 2.27 bits per heavy atom. The Hall–Kier alpha value is -1.84. The number of nitrogens with zero attached hydrogens (tertiary/aromatic N) is 1. The van der Waals surface area contributed by atoms with Crippen LogP contribution in [0.1, 0.15) is 47.7 Å². The van der Waals surface area contributed by atoms with Crippen molar-refractivity contribution in [2.75, 3.05) is 19.6 Å². The van der Waals surface area contributed by atoms with Crippen LogP contribution in [0, 0.1) is 19.8 Å². The average molecular weight is 302 g/mol. The number of hydrogen-bond donors (Lipinski definition) is 1. The predicted octanol–water partition coefficient (Wildman–Crippen LogP) is 2.68. The molecule has 1 fully saturated rings. The monoisotopic (exact) mass is 302 g/mol. The maximum atomic E-state index is 12.6. The Balaban J connectivity index is 1.93. The van der Waals surface area contributed by atoms with Gasteiger partial charge in [0.15, 0.2) is 0 Å². The van der Waals surface area contributed by atoms with E-state index >= 15 is 0 Å². The quantitative estimate of drug-likeness (QED) is 0.929.